The highest BCUT2D eigenvalue weighted by molar-refractivity contribution is 14.1. The van der Waals surface area contributed by atoms with Gasteiger partial charge in [0.05, 0.1) is 5.56 Å². The number of aromatic nitrogens is 2. The molecule has 1 aromatic heterocycles. The predicted molar refractivity (Wildman–Crippen MR) is 116 cm³/mol. The molecule has 1 heterocycles. The molecule has 2 aromatic rings. The van der Waals surface area contributed by atoms with Crippen molar-refractivity contribution < 1.29 is 4.79 Å². The van der Waals surface area contributed by atoms with Gasteiger partial charge in [-0.15, -0.1) is 0 Å². The molecule has 0 saturated carbocycles. The van der Waals surface area contributed by atoms with Gasteiger partial charge in [-0.3, -0.25) is 19.1 Å². The van der Waals surface area contributed by atoms with Crippen molar-refractivity contribution in [1.29, 1.82) is 0 Å². The summed E-state index contributed by atoms with van der Waals surface area (Å²) in [7, 11) is 0. The fourth-order valence-corrected chi connectivity index (χ4v) is 3.41. The van der Waals surface area contributed by atoms with Crippen LogP contribution in [-0.2, 0) is 6.54 Å². The Hall–Kier alpha value is -2.10. The van der Waals surface area contributed by atoms with Gasteiger partial charge in [0, 0.05) is 16.7 Å². The molecule has 0 aliphatic heterocycles. The van der Waals surface area contributed by atoms with Gasteiger partial charge in [-0.05, 0) is 47.6 Å². The van der Waals surface area contributed by atoms with Crippen LogP contribution in [0.2, 0.25) is 0 Å². The Morgan fingerprint density at radius 1 is 1.19 bits per heavy atom. The van der Waals surface area contributed by atoms with E-state index in [0.29, 0.717) is 25.1 Å². The molecule has 0 atom stereocenters. The highest BCUT2D eigenvalue weighted by Crippen LogP contribution is 2.22. The van der Waals surface area contributed by atoms with Crippen LogP contribution >= 0.6 is 22.6 Å². The van der Waals surface area contributed by atoms with Gasteiger partial charge in [-0.1, -0.05) is 38.8 Å². The minimum atomic E-state index is -0.638. The topological polar surface area (TPSA) is 101 Å². The maximum atomic E-state index is 13.2. The molecule has 0 spiro atoms. The van der Waals surface area contributed by atoms with Crippen LogP contribution < -0.4 is 21.9 Å². The summed E-state index contributed by atoms with van der Waals surface area (Å²) in [6, 6.07) is 7.19. The van der Waals surface area contributed by atoms with Gasteiger partial charge < -0.3 is 10.6 Å². The first kappa shape index (κ1) is 21.2. The molecule has 0 unspecified atom stereocenters. The zero-order valence-corrected chi connectivity index (χ0v) is 17.8. The second-order valence-electron chi connectivity index (χ2n) is 6.29. The molecule has 0 aliphatic carbocycles. The molecule has 0 aliphatic rings. The molecule has 8 heteroatoms. The summed E-state index contributed by atoms with van der Waals surface area (Å²) in [5.74, 6) is -0.265. The van der Waals surface area contributed by atoms with E-state index in [2.05, 4.69) is 27.6 Å². The van der Waals surface area contributed by atoms with Crippen molar-refractivity contribution >= 4 is 40.0 Å². The number of unbranched alkanes of at least 4 members (excludes halogenated alkanes) is 2. The molecular formula is C19H25IN4O3. The van der Waals surface area contributed by atoms with Crippen LogP contribution in [0.15, 0.2) is 33.9 Å². The van der Waals surface area contributed by atoms with E-state index >= 15 is 0 Å². The number of halogens is 1. The minimum absolute atomic E-state index is 0.0348. The molecule has 0 bridgehead atoms. The highest BCUT2D eigenvalue weighted by Gasteiger charge is 2.25. The number of hydrogen-bond donors (Lipinski definition) is 2. The fourth-order valence-electron chi connectivity index (χ4n) is 2.79. The average molecular weight is 484 g/mol. The zero-order chi connectivity index (χ0) is 20.0. The third kappa shape index (κ3) is 4.79. The summed E-state index contributed by atoms with van der Waals surface area (Å²) in [6.07, 6.45) is 3.18. The SMILES string of the molecule is CCCCN(C(=O)c1ccccc1I)c1c(N)n(CCCC)c(=O)[nH]c1=O. The van der Waals surface area contributed by atoms with E-state index in [0.717, 1.165) is 22.8 Å². The summed E-state index contributed by atoms with van der Waals surface area (Å²) < 4.78 is 2.12. The number of nitrogens with one attached hydrogen (secondary N) is 1. The first-order valence-electron chi connectivity index (χ1n) is 9.11. The van der Waals surface area contributed by atoms with Crippen molar-refractivity contribution in [2.75, 3.05) is 17.2 Å². The van der Waals surface area contributed by atoms with E-state index in [1.54, 1.807) is 12.1 Å². The lowest BCUT2D eigenvalue weighted by Gasteiger charge is -2.25. The first-order valence-corrected chi connectivity index (χ1v) is 10.2. The number of nitrogens with two attached hydrogens (primary N) is 1. The quantitative estimate of drug-likeness (QED) is 0.563. The van der Waals surface area contributed by atoms with E-state index in [-0.39, 0.29) is 17.4 Å². The number of hydrogen-bond acceptors (Lipinski definition) is 4. The number of nitrogens with zero attached hydrogens (tertiary/aromatic N) is 2. The number of carbonyl (C=O) groups is 1. The van der Waals surface area contributed by atoms with Crippen LogP contribution in [0.5, 0.6) is 0 Å². The number of benzene rings is 1. The number of H-pyrrole nitrogens is 1. The van der Waals surface area contributed by atoms with Gasteiger partial charge >= 0.3 is 5.69 Å². The second-order valence-corrected chi connectivity index (χ2v) is 7.45. The van der Waals surface area contributed by atoms with Crippen molar-refractivity contribution in [3.05, 3.63) is 54.2 Å². The molecule has 0 saturated heterocycles. The molecule has 27 heavy (non-hydrogen) atoms. The highest BCUT2D eigenvalue weighted by atomic mass is 127. The Morgan fingerprint density at radius 2 is 1.85 bits per heavy atom. The van der Waals surface area contributed by atoms with Crippen molar-refractivity contribution in [2.24, 2.45) is 0 Å². The minimum Gasteiger partial charge on any atom is -0.383 e. The lowest BCUT2D eigenvalue weighted by Crippen LogP contribution is -2.42. The van der Waals surface area contributed by atoms with Gasteiger partial charge in [-0.25, -0.2) is 4.79 Å². The third-order valence-corrected chi connectivity index (χ3v) is 5.24. The van der Waals surface area contributed by atoms with E-state index in [4.69, 9.17) is 5.73 Å². The van der Waals surface area contributed by atoms with E-state index in [1.807, 2.05) is 26.0 Å². The molecule has 3 N–H and O–H groups in total. The predicted octanol–water partition coefficient (Wildman–Crippen LogP) is 2.97. The second kappa shape index (κ2) is 9.72. The lowest BCUT2D eigenvalue weighted by atomic mass is 10.1. The van der Waals surface area contributed by atoms with Crippen LogP contribution in [0.3, 0.4) is 0 Å². The van der Waals surface area contributed by atoms with E-state index in [9.17, 15) is 14.4 Å². The molecule has 0 fully saturated rings. The number of nitrogen functional groups attached to an aromatic ring is 1. The molecule has 0 radical (unpaired) electrons. The monoisotopic (exact) mass is 484 g/mol. The average Bonchev–Trinajstić information content (AvgIpc) is 2.64. The van der Waals surface area contributed by atoms with Crippen molar-refractivity contribution in [1.82, 2.24) is 9.55 Å². The molecule has 146 valence electrons. The zero-order valence-electron chi connectivity index (χ0n) is 15.6. The van der Waals surface area contributed by atoms with Gasteiger partial charge in [0.2, 0.25) is 0 Å². The van der Waals surface area contributed by atoms with Crippen LogP contribution in [0.25, 0.3) is 0 Å². The molecule has 2 rings (SSSR count). The van der Waals surface area contributed by atoms with Gasteiger partial charge in [0.1, 0.15) is 5.82 Å². The van der Waals surface area contributed by atoms with Crippen LogP contribution in [0.1, 0.15) is 49.9 Å². The molecule has 1 amide bonds. The summed E-state index contributed by atoms with van der Waals surface area (Å²) in [5.41, 5.74) is 5.56. The van der Waals surface area contributed by atoms with Crippen molar-refractivity contribution in [3.63, 3.8) is 0 Å². The Labute approximate surface area is 171 Å². The first-order chi connectivity index (χ1) is 12.9. The number of amides is 1. The van der Waals surface area contributed by atoms with Gasteiger partial charge in [-0.2, -0.15) is 0 Å². The van der Waals surface area contributed by atoms with E-state index < -0.39 is 11.2 Å². The van der Waals surface area contributed by atoms with Crippen LogP contribution in [-0.4, -0.2) is 22.0 Å². The molecular weight excluding hydrogens is 459 g/mol. The standard InChI is InChI=1S/C19H25IN4O3/c1-3-5-11-23(18(26)13-9-7-8-10-14(13)20)15-16(21)24(12-6-4-2)19(27)22-17(15)25/h7-10H,3-6,11-12,21H2,1-2H3,(H,22,25,27). The Morgan fingerprint density at radius 3 is 2.48 bits per heavy atom. The maximum Gasteiger partial charge on any atom is 0.330 e. The number of carbonyl (C=O) groups excluding carboxylic acids is 1. The van der Waals surface area contributed by atoms with E-state index in [1.165, 1.54) is 9.47 Å². The van der Waals surface area contributed by atoms with Crippen molar-refractivity contribution in [2.45, 2.75) is 46.1 Å². The third-order valence-electron chi connectivity index (χ3n) is 4.30. The van der Waals surface area contributed by atoms with Crippen LogP contribution in [0.4, 0.5) is 11.5 Å². The van der Waals surface area contributed by atoms with Crippen molar-refractivity contribution in [3.8, 4) is 0 Å². The Balaban J connectivity index is 2.60. The Bertz CT molecular complexity index is 920. The molecule has 1 aromatic carbocycles. The molecule has 7 nitrogen and oxygen atoms in total. The fraction of sp³-hybridized carbons (Fsp3) is 0.421. The smallest absolute Gasteiger partial charge is 0.330 e. The normalized spacial score (nSPS) is 10.8. The van der Waals surface area contributed by atoms with Gasteiger partial charge in [0.15, 0.2) is 5.69 Å². The summed E-state index contributed by atoms with van der Waals surface area (Å²) in [4.78, 5) is 41.7. The lowest BCUT2D eigenvalue weighted by molar-refractivity contribution is 0.0985. The number of aromatic amines is 1. The largest absolute Gasteiger partial charge is 0.383 e. The van der Waals surface area contributed by atoms with Gasteiger partial charge in [0.25, 0.3) is 11.5 Å². The Kier molecular flexibility index (Phi) is 7.64. The number of anilines is 2. The summed E-state index contributed by atoms with van der Waals surface area (Å²) in [5, 5.41) is 0. The summed E-state index contributed by atoms with van der Waals surface area (Å²) in [6.45, 7) is 4.75. The van der Waals surface area contributed by atoms with Crippen LogP contribution in [0, 0.1) is 3.57 Å². The number of rotatable bonds is 8. The summed E-state index contributed by atoms with van der Waals surface area (Å²) >= 11 is 2.09. The maximum absolute atomic E-state index is 13.2.